The molecular weight excluding hydrogens is 200 g/mol. The van der Waals surface area contributed by atoms with Crippen LogP contribution in [0.3, 0.4) is 0 Å². The average molecular weight is 214 g/mol. The number of carbonyl (C=O) groups is 1. The van der Waals surface area contributed by atoms with Crippen LogP contribution >= 0.6 is 0 Å². The van der Waals surface area contributed by atoms with Crippen LogP contribution in [-0.2, 0) is 7.05 Å². The highest BCUT2D eigenvalue weighted by molar-refractivity contribution is 6.08. The van der Waals surface area contributed by atoms with Gasteiger partial charge in [0.2, 0.25) is 5.78 Å². The molecule has 3 nitrogen and oxygen atoms in total. The minimum absolute atomic E-state index is 0.0289. The minimum Gasteiger partial charge on any atom is -0.331 e. The summed E-state index contributed by atoms with van der Waals surface area (Å²) >= 11 is 0. The van der Waals surface area contributed by atoms with Gasteiger partial charge in [0, 0.05) is 12.6 Å². The lowest BCUT2D eigenvalue weighted by Crippen LogP contribution is -2.08. The second-order valence-electron chi connectivity index (χ2n) is 4.04. The lowest BCUT2D eigenvalue weighted by atomic mass is 10.0. The third kappa shape index (κ3) is 1.76. The fourth-order valence-corrected chi connectivity index (χ4v) is 1.69. The molecule has 1 aromatic carbocycles. The van der Waals surface area contributed by atoms with Gasteiger partial charge >= 0.3 is 0 Å². The fraction of sp³-hybridized carbons (Fsp3) is 0.231. The van der Waals surface area contributed by atoms with E-state index in [0.717, 1.165) is 16.7 Å². The van der Waals surface area contributed by atoms with Crippen LogP contribution in [0, 0.1) is 13.8 Å². The van der Waals surface area contributed by atoms with Gasteiger partial charge in [-0.2, -0.15) is 0 Å². The molecule has 2 rings (SSSR count). The number of ketones is 1. The van der Waals surface area contributed by atoms with Crippen LogP contribution in [0.1, 0.15) is 27.2 Å². The summed E-state index contributed by atoms with van der Waals surface area (Å²) in [6.45, 7) is 3.93. The summed E-state index contributed by atoms with van der Waals surface area (Å²) in [5, 5.41) is 0. The van der Waals surface area contributed by atoms with E-state index in [9.17, 15) is 4.79 Å². The van der Waals surface area contributed by atoms with Crippen LogP contribution < -0.4 is 0 Å². The Morgan fingerprint density at radius 2 is 2.06 bits per heavy atom. The summed E-state index contributed by atoms with van der Waals surface area (Å²) in [5.74, 6) is 0.0289. The van der Waals surface area contributed by atoms with E-state index < -0.39 is 0 Å². The molecule has 16 heavy (non-hydrogen) atoms. The van der Waals surface area contributed by atoms with Gasteiger partial charge in [-0.3, -0.25) is 4.79 Å². The molecule has 0 aliphatic heterocycles. The molecule has 1 aromatic heterocycles. The maximum atomic E-state index is 12.2. The van der Waals surface area contributed by atoms with Gasteiger partial charge in [-0.1, -0.05) is 17.7 Å². The molecule has 0 radical (unpaired) electrons. The Kier molecular flexibility index (Phi) is 2.60. The Hall–Kier alpha value is -1.90. The smallest absolute Gasteiger partial charge is 0.211 e. The second-order valence-corrected chi connectivity index (χ2v) is 4.04. The number of carbonyl (C=O) groups excluding carboxylic acids is 1. The maximum absolute atomic E-state index is 12.2. The van der Waals surface area contributed by atoms with E-state index in [4.69, 9.17) is 0 Å². The first-order valence-electron chi connectivity index (χ1n) is 5.18. The number of aromatic nitrogens is 2. The van der Waals surface area contributed by atoms with Crippen LogP contribution in [0.4, 0.5) is 0 Å². The third-order valence-corrected chi connectivity index (χ3v) is 2.69. The summed E-state index contributed by atoms with van der Waals surface area (Å²) in [6, 6.07) is 5.90. The Morgan fingerprint density at radius 1 is 1.31 bits per heavy atom. The SMILES string of the molecule is Cc1ccc(C)c(C(=O)c2cncn2C)c1. The zero-order valence-corrected chi connectivity index (χ0v) is 9.69. The molecule has 82 valence electrons. The first kappa shape index (κ1) is 10.6. The Balaban J connectivity index is 2.49. The molecule has 3 heteroatoms. The van der Waals surface area contributed by atoms with Crippen molar-refractivity contribution in [1.82, 2.24) is 9.55 Å². The van der Waals surface area contributed by atoms with E-state index in [2.05, 4.69) is 4.98 Å². The molecule has 0 saturated heterocycles. The third-order valence-electron chi connectivity index (χ3n) is 2.69. The highest BCUT2D eigenvalue weighted by atomic mass is 16.1. The summed E-state index contributed by atoms with van der Waals surface area (Å²) < 4.78 is 1.74. The van der Waals surface area contributed by atoms with Crippen molar-refractivity contribution in [2.24, 2.45) is 7.05 Å². The van der Waals surface area contributed by atoms with Gasteiger partial charge in [-0.25, -0.2) is 4.98 Å². The minimum atomic E-state index is 0.0289. The molecule has 1 heterocycles. The lowest BCUT2D eigenvalue weighted by molar-refractivity contribution is 0.103. The van der Waals surface area contributed by atoms with Crippen molar-refractivity contribution in [3.8, 4) is 0 Å². The molecule has 0 unspecified atom stereocenters. The summed E-state index contributed by atoms with van der Waals surface area (Å²) in [6.07, 6.45) is 3.24. The molecule has 0 saturated carbocycles. The normalized spacial score (nSPS) is 10.4. The first-order chi connectivity index (χ1) is 7.59. The molecule has 0 spiro atoms. The Labute approximate surface area is 94.7 Å². The monoisotopic (exact) mass is 214 g/mol. The molecule has 2 aromatic rings. The maximum Gasteiger partial charge on any atom is 0.211 e. The molecule has 0 N–H and O–H groups in total. The van der Waals surface area contributed by atoms with Gasteiger partial charge < -0.3 is 4.57 Å². The Morgan fingerprint density at radius 3 is 2.69 bits per heavy atom. The van der Waals surface area contributed by atoms with E-state index in [-0.39, 0.29) is 5.78 Å². The van der Waals surface area contributed by atoms with Crippen molar-refractivity contribution in [3.63, 3.8) is 0 Å². The van der Waals surface area contributed by atoms with Crippen LogP contribution in [0.15, 0.2) is 30.7 Å². The number of rotatable bonds is 2. The van der Waals surface area contributed by atoms with E-state index in [1.165, 1.54) is 0 Å². The van der Waals surface area contributed by atoms with E-state index in [0.29, 0.717) is 5.69 Å². The predicted molar refractivity (Wildman–Crippen MR) is 62.6 cm³/mol. The van der Waals surface area contributed by atoms with Gasteiger partial charge in [0.25, 0.3) is 0 Å². The standard InChI is InChI=1S/C13H14N2O/c1-9-4-5-10(2)11(6-9)13(16)12-7-14-8-15(12)3/h4-8H,1-3H3. The highest BCUT2D eigenvalue weighted by Gasteiger charge is 2.14. The second kappa shape index (κ2) is 3.93. The van der Waals surface area contributed by atoms with Gasteiger partial charge in [-0.15, -0.1) is 0 Å². The number of hydrogen-bond acceptors (Lipinski definition) is 2. The quantitative estimate of drug-likeness (QED) is 0.719. The zero-order valence-electron chi connectivity index (χ0n) is 9.69. The number of imidazole rings is 1. The van der Waals surface area contributed by atoms with Crippen LogP contribution in [0.5, 0.6) is 0 Å². The molecule has 0 aliphatic rings. The molecular formula is C13H14N2O. The number of aryl methyl sites for hydroxylation is 3. The molecule has 0 atom stereocenters. The van der Waals surface area contributed by atoms with Gasteiger partial charge in [0.1, 0.15) is 5.69 Å². The van der Waals surface area contributed by atoms with Crippen LogP contribution in [0.25, 0.3) is 0 Å². The number of benzene rings is 1. The van der Waals surface area contributed by atoms with Crippen molar-refractivity contribution in [3.05, 3.63) is 53.1 Å². The van der Waals surface area contributed by atoms with Crippen molar-refractivity contribution in [2.45, 2.75) is 13.8 Å². The molecule has 0 aliphatic carbocycles. The number of nitrogens with zero attached hydrogens (tertiary/aromatic N) is 2. The van der Waals surface area contributed by atoms with E-state index in [1.54, 1.807) is 17.1 Å². The average Bonchev–Trinajstić information content (AvgIpc) is 2.67. The summed E-state index contributed by atoms with van der Waals surface area (Å²) in [4.78, 5) is 16.2. The van der Waals surface area contributed by atoms with Gasteiger partial charge in [0.05, 0.1) is 12.5 Å². The van der Waals surface area contributed by atoms with Crippen molar-refractivity contribution in [1.29, 1.82) is 0 Å². The van der Waals surface area contributed by atoms with E-state index >= 15 is 0 Å². The first-order valence-corrected chi connectivity index (χ1v) is 5.18. The molecule has 0 fully saturated rings. The van der Waals surface area contributed by atoms with Crippen molar-refractivity contribution in [2.75, 3.05) is 0 Å². The Bertz CT molecular complexity index is 541. The van der Waals surface area contributed by atoms with Gasteiger partial charge in [-0.05, 0) is 25.5 Å². The number of hydrogen-bond donors (Lipinski definition) is 0. The molecule has 0 amide bonds. The van der Waals surface area contributed by atoms with Crippen LogP contribution in [0.2, 0.25) is 0 Å². The van der Waals surface area contributed by atoms with E-state index in [1.807, 2.05) is 39.1 Å². The topological polar surface area (TPSA) is 34.9 Å². The van der Waals surface area contributed by atoms with Crippen LogP contribution in [-0.4, -0.2) is 15.3 Å². The largest absolute Gasteiger partial charge is 0.331 e. The summed E-state index contributed by atoms with van der Waals surface area (Å²) in [5.41, 5.74) is 3.46. The van der Waals surface area contributed by atoms with Crippen molar-refractivity contribution >= 4 is 5.78 Å². The predicted octanol–water partition coefficient (Wildman–Crippen LogP) is 2.27. The highest BCUT2D eigenvalue weighted by Crippen LogP contribution is 2.15. The molecule has 0 bridgehead atoms. The lowest BCUT2D eigenvalue weighted by Gasteiger charge is -2.06. The fourth-order valence-electron chi connectivity index (χ4n) is 1.69. The summed E-state index contributed by atoms with van der Waals surface area (Å²) in [7, 11) is 1.82. The zero-order chi connectivity index (χ0) is 11.7. The van der Waals surface area contributed by atoms with Gasteiger partial charge in [0.15, 0.2) is 0 Å². The van der Waals surface area contributed by atoms with Crippen molar-refractivity contribution < 1.29 is 4.79 Å².